The van der Waals surface area contributed by atoms with Crippen LogP contribution in [0.2, 0.25) is 0 Å². The molecule has 3 aromatic rings. The lowest BCUT2D eigenvalue weighted by Gasteiger charge is -2.26. The van der Waals surface area contributed by atoms with Crippen LogP contribution in [0.1, 0.15) is 62.6 Å². The molecule has 7 rings (SSSR count). The van der Waals surface area contributed by atoms with E-state index in [4.69, 9.17) is 14.5 Å². The first-order valence-corrected chi connectivity index (χ1v) is 19.3. The van der Waals surface area contributed by atoms with E-state index < -0.39 is 50.6 Å². The molecule has 2 N–H and O–H groups in total. The SMILES string of the molecule is COc1ccc2c(O[C@@H]3CC4C(=O)N(C)CCCCC=CC5CC5(C(=O)NS(=O)(=O)C5CC5)NC(=O)[C@@H]4C3)cc(-c3cccc(C)n3)nc2c1C. The number of carbonyl (C=O) groups is 3. The van der Waals surface area contributed by atoms with Gasteiger partial charge in [-0.25, -0.2) is 13.4 Å². The third kappa shape index (κ3) is 6.92. The van der Waals surface area contributed by atoms with Crippen LogP contribution in [0.25, 0.3) is 22.3 Å². The van der Waals surface area contributed by atoms with Gasteiger partial charge in [0.25, 0.3) is 5.91 Å². The second-order valence-electron chi connectivity index (χ2n) is 14.5. The van der Waals surface area contributed by atoms with Gasteiger partial charge in [0.05, 0.1) is 41.1 Å². The molecule has 3 amide bonds. The molecule has 0 saturated heterocycles. The number of sulfonamides is 1. The third-order valence-corrected chi connectivity index (χ3v) is 12.6. The quantitative estimate of drug-likeness (QED) is 0.339. The summed E-state index contributed by atoms with van der Waals surface area (Å²) in [5, 5.41) is 3.13. The Kier molecular flexibility index (Phi) is 9.28. The number of hydrogen-bond donors (Lipinski definition) is 2. The van der Waals surface area contributed by atoms with Crippen LogP contribution in [0.5, 0.6) is 11.5 Å². The molecule has 0 radical (unpaired) electrons. The van der Waals surface area contributed by atoms with E-state index in [-0.39, 0.29) is 31.1 Å². The first-order chi connectivity index (χ1) is 24.4. The number of nitrogens with one attached hydrogen (secondary N) is 2. The number of fused-ring (bicyclic) bond motifs is 3. The lowest BCUT2D eigenvalue weighted by Crippen LogP contribution is -2.54. The molecule has 3 saturated carbocycles. The summed E-state index contributed by atoms with van der Waals surface area (Å²) in [5.41, 5.74) is 2.27. The van der Waals surface area contributed by atoms with Gasteiger partial charge in [-0.1, -0.05) is 18.2 Å². The molecular weight excluding hydrogens is 671 g/mol. The summed E-state index contributed by atoms with van der Waals surface area (Å²) in [7, 11) is -0.457. The van der Waals surface area contributed by atoms with Crippen LogP contribution in [0.4, 0.5) is 0 Å². The van der Waals surface area contributed by atoms with Crippen LogP contribution in [0.3, 0.4) is 0 Å². The lowest BCUT2D eigenvalue weighted by atomic mass is 9.93. The lowest BCUT2D eigenvalue weighted by molar-refractivity contribution is -0.140. The maximum absolute atomic E-state index is 14.2. The van der Waals surface area contributed by atoms with Crippen LogP contribution >= 0.6 is 0 Å². The van der Waals surface area contributed by atoms with Gasteiger partial charge in [-0.2, -0.15) is 0 Å². The number of hydrogen-bond acceptors (Lipinski definition) is 9. The summed E-state index contributed by atoms with van der Waals surface area (Å²) < 4.78 is 40.1. The van der Waals surface area contributed by atoms with E-state index in [1.54, 1.807) is 19.1 Å². The summed E-state index contributed by atoms with van der Waals surface area (Å²) in [6.07, 6.45) is 7.58. The van der Waals surface area contributed by atoms with Crippen LogP contribution in [0, 0.1) is 31.6 Å². The molecule has 12 nitrogen and oxygen atoms in total. The van der Waals surface area contributed by atoms with Crippen LogP contribution in [-0.2, 0) is 24.4 Å². The molecular formula is C38H45N5O7S. The van der Waals surface area contributed by atoms with E-state index in [0.29, 0.717) is 47.8 Å². The van der Waals surface area contributed by atoms with Crippen molar-refractivity contribution >= 4 is 38.6 Å². The monoisotopic (exact) mass is 715 g/mol. The fraction of sp³-hybridized carbons (Fsp3) is 0.500. The number of amides is 3. The topological polar surface area (TPSA) is 157 Å². The Morgan fingerprint density at radius 3 is 2.55 bits per heavy atom. The van der Waals surface area contributed by atoms with Crippen molar-refractivity contribution in [2.24, 2.45) is 17.8 Å². The number of methoxy groups -OCH3 is 1. The molecule has 3 aliphatic carbocycles. The molecule has 0 bridgehead atoms. The predicted octanol–water partition coefficient (Wildman–Crippen LogP) is 4.38. The fourth-order valence-corrected chi connectivity index (χ4v) is 8.95. The maximum atomic E-state index is 14.2. The molecule has 1 aliphatic heterocycles. The number of rotatable bonds is 7. The van der Waals surface area contributed by atoms with Crippen molar-refractivity contribution in [1.29, 1.82) is 0 Å². The molecule has 3 unspecified atom stereocenters. The molecule has 4 aliphatic rings. The van der Waals surface area contributed by atoms with E-state index in [0.717, 1.165) is 35.9 Å². The van der Waals surface area contributed by atoms with Crippen molar-refractivity contribution in [2.45, 2.75) is 82.1 Å². The number of nitrogens with zero attached hydrogens (tertiary/aromatic N) is 3. The van der Waals surface area contributed by atoms with Gasteiger partial charge in [0.15, 0.2) is 0 Å². The van der Waals surface area contributed by atoms with E-state index in [1.165, 1.54) is 0 Å². The Balaban J connectivity index is 1.21. The molecule has 0 spiro atoms. The number of aryl methyl sites for hydroxylation is 2. The maximum Gasteiger partial charge on any atom is 0.259 e. The van der Waals surface area contributed by atoms with Crippen LogP contribution in [0.15, 0.2) is 48.6 Å². The van der Waals surface area contributed by atoms with Gasteiger partial charge in [-0.15, -0.1) is 0 Å². The first kappa shape index (κ1) is 34.9. The zero-order chi connectivity index (χ0) is 36.1. The normalized spacial score (nSPS) is 26.9. The first-order valence-electron chi connectivity index (χ1n) is 17.8. The number of aromatic nitrogens is 2. The number of carbonyl (C=O) groups excluding carboxylic acids is 3. The van der Waals surface area contributed by atoms with E-state index >= 15 is 0 Å². The average Bonchev–Trinajstić information content (AvgIpc) is 4.03. The van der Waals surface area contributed by atoms with Gasteiger partial charge >= 0.3 is 0 Å². The molecule has 3 heterocycles. The highest BCUT2D eigenvalue weighted by molar-refractivity contribution is 7.91. The minimum atomic E-state index is -3.83. The molecule has 270 valence electrons. The Labute approximate surface area is 298 Å². The zero-order valence-corrected chi connectivity index (χ0v) is 30.3. The van der Waals surface area contributed by atoms with Crippen molar-refractivity contribution in [3.05, 3.63) is 59.8 Å². The highest BCUT2D eigenvalue weighted by Gasteiger charge is 2.62. The highest BCUT2D eigenvalue weighted by atomic mass is 32.2. The molecule has 2 aromatic heterocycles. The smallest absolute Gasteiger partial charge is 0.259 e. The Morgan fingerprint density at radius 1 is 1.02 bits per heavy atom. The summed E-state index contributed by atoms with van der Waals surface area (Å²) in [6.45, 7) is 4.41. The number of benzene rings is 1. The molecule has 13 heteroatoms. The molecule has 1 aromatic carbocycles. The van der Waals surface area contributed by atoms with Crippen molar-refractivity contribution in [1.82, 2.24) is 24.9 Å². The molecule has 51 heavy (non-hydrogen) atoms. The highest BCUT2D eigenvalue weighted by Crippen LogP contribution is 2.47. The second kappa shape index (κ2) is 13.6. The minimum absolute atomic E-state index is 0.152. The number of ether oxygens (including phenoxy) is 2. The van der Waals surface area contributed by atoms with Crippen molar-refractivity contribution < 1.29 is 32.3 Å². The summed E-state index contributed by atoms with van der Waals surface area (Å²) in [5.74, 6) is -1.93. The van der Waals surface area contributed by atoms with Crippen molar-refractivity contribution in [2.75, 3.05) is 20.7 Å². The Bertz CT molecular complexity index is 2030. The van der Waals surface area contributed by atoms with Crippen LogP contribution in [-0.4, -0.2) is 78.6 Å². The van der Waals surface area contributed by atoms with E-state index in [9.17, 15) is 22.8 Å². The van der Waals surface area contributed by atoms with Crippen LogP contribution < -0.4 is 19.5 Å². The predicted molar refractivity (Wildman–Crippen MR) is 191 cm³/mol. The largest absolute Gasteiger partial charge is 0.496 e. The average molecular weight is 716 g/mol. The Hall–Kier alpha value is -4.52. The molecule has 5 atom stereocenters. The fourth-order valence-electron chi connectivity index (χ4n) is 7.59. The Morgan fingerprint density at radius 2 is 1.80 bits per heavy atom. The summed E-state index contributed by atoms with van der Waals surface area (Å²) >= 11 is 0. The van der Waals surface area contributed by atoms with Crippen molar-refractivity contribution in [3.63, 3.8) is 0 Å². The van der Waals surface area contributed by atoms with Crippen molar-refractivity contribution in [3.8, 4) is 22.9 Å². The van der Waals surface area contributed by atoms with Gasteiger partial charge in [0.1, 0.15) is 23.1 Å². The summed E-state index contributed by atoms with van der Waals surface area (Å²) in [6, 6.07) is 11.3. The standard InChI is InChI=1S/C38H45N5O7S/c1-22-10-9-12-30(39-22)31-20-33(27-15-16-32(49-4)23(2)34(27)40-31)50-25-18-28-29(19-25)36(45)43(3)17-8-6-5-7-11-24-21-38(24,41-35(28)44)37(46)42-51(47,48)26-13-14-26/h7,9-12,15-16,20,24-26,28-29H,5-6,8,13-14,17-19,21H2,1-4H3,(H,41,44)(H,42,46)/t24?,25-,28+,29?,38?/m0/s1. The van der Waals surface area contributed by atoms with Gasteiger partial charge in [-0.3, -0.25) is 24.1 Å². The number of allylic oxidation sites excluding steroid dienone is 1. The zero-order valence-electron chi connectivity index (χ0n) is 29.5. The van der Waals surface area contributed by atoms with Gasteiger partial charge < -0.3 is 19.7 Å². The summed E-state index contributed by atoms with van der Waals surface area (Å²) in [4.78, 5) is 53.2. The number of pyridine rings is 2. The van der Waals surface area contributed by atoms with E-state index in [2.05, 4.69) is 15.0 Å². The molecule has 3 fully saturated rings. The van der Waals surface area contributed by atoms with Gasteiger partial charge in [-0.05, 0) is 89.5 Å². The second-order valence-corrected chi connectivity index (χ2v) is 16.5. The minimum Gasteiger partial charge on any atom is -0.496 e. The van der Waals surface area contributed by atoms with Gasteiger partial charge in [0.2, 0.25) is 21.8 Å². The van der Waals surface area contributed by atoms with E-state index in [1.807, 2.05) is 62.4 Å². The van der Waals surface area contributed by atoms with Gasteiger partial charge in [0, 0.05) is 42.2 Å². The third-order valence-electron chi connectivity index (χ3n) is 10.8.